The molecule has 0 aromatic heterocycles. The van der Waals surface area contributed by atoms with Gasteiger partial charge in [0.1, 0.15) is 0 Å². The molecular weight excluding hydrogens is 164 g/mol. The van der Waals surface area contributed by atoms with E-state index in [1.807, 2.05) is 0 Å². The molecule has 0 heterocycles. The summed E-state index contributed by atoms with van der Waals surface area (Å²) in [5, 5.41) is 2.57. The molecule has 0 fully saturated rings. The maximum atomic E-state index is 5.60. The first-order valence-corrected chi connectivity index (χ1v) is 6.62. The lowest BCUT2D eigenvalue weighted by Crippen LogP contribution is -2.37. The molecule has 0 aromatic carbocycles. The molecule has 0 amide bonds. The van der Waals surface area contributed by atoms with E-state index >= 15 is 0 Å². The Kier molecular flexibility index (Phi) is 3.94. The summed E-state index contributed by atoms with van der Waals surface area (Å²) < 4.78 is 5.60. The molecule has 70 valence electrons. The Labute approximate surface area is 77.3 Å². The van der Waals surface area contributed by atoms with Gasteiger partial charge in [-0.25, -0.2) is 0 Å². The highest BCUT2D eigenvalue weighted by atomic mass is 28.4. The van der Waals surface area contributed by atoms with Gasteiger partial charge in [-0.15, -0.1) is 6.58 Å². The van der Waals surface area contributed by atoms with Gasteiger partial charge in [0.2, 0.25) is 8.32 Å². The van der Waals surface area contributed by atoms with Gasteiger partial charge >= 0.3 is 0 Å². The maximum Gasteiger partial charge on any atom is 0.243 e. The summed E-state index contributed by atoms with van der Waals surface area (Å²) in [5.41, 5.74) is 1.36. The van der Waals surface area contributed by atoms with E-state index < -0.39 is 8.32 Å². The van der Waals surface area contributed by atoms with Crippen molar-refractivity contribution in [2.45, 2.75) is 34.2 Å². The molecule has 12 heavy (non-hydrogen) atoms. The van der Waals surface area contributed by atoms with Crippen LogP contribution >= 0.6 is 0 Å². The van der Waals surface area contributed by atoms with Crippen LogP contribution in [-0.2, 0) is 4.43 Å². The zero-order valence-electron chi connectivity index (χ0n) is 9.12. The lowest BCUT2D eigenvalue weighted by Gasteiger charge is -2.27. The van der Waals surface area contributed by atoms with Gasteiger partial charge in [0.15, 0.2) is 0 Å². The van der Waals surface area contributed by atoms with E-state index in [1.54, 1.807) is 7.11 Å². The monoisotopic (exact) mass is 184 g/mol. The van der Waals surface area contributed by atoms with E-state index in [0.29, 0.717) is 0 Å². The summed E-state index contributed by atoms with van der Waals surface area (Å²) >= 11 is 0. The molecule has 0 bridgehead atoms. The minimum absolute atomic E-state index is 1.18. The molecule has 1 unspecified atom stereocenters. The molecule has 0 N–H and O–H groups in total. The van der Waals surface area contributed by atoms with Gasteiger partial charge in [0, 0.05) is 7.11 Å². The van der Waals surface area contributed by atoms with Crippen molar-refractivity contribution in [3.05, 3.63) is 22.5 Å². The van der Waals surface area contributed by atoms with Gasteiger partial charge in [-0.2, -0.15) is 0 Å². The van der Waals surface area contributed by atoms with E-state index in [1.165, 1.54) is 16.0 Å². The standard InChI is InChI=1S/C10H20OSi/c1-8(2)10(5)12(7,11-6)9(3)4/h3H2,1-2,4-7H3. The van der Waals surface area contributed by atoms with Crippen LogP contribution in [0.25, 0.3) is 0 Å². The maximum absolute atomic E-state index is 5.60. The number of rotatable bonds is 3. The highest BCUT2D eigenvalue weighted by Gasteiger charge is 2.31. The van der Waals surface area contributed by atoms with Gasteiger partial charge < -0.3 is 4.43 Å². The van der Waals surface area contributed by atoms with Crippen molar-refractivity contribution in [1.29, 1.82) is 0 Å². The first-order valence-electron chi connectivity index (χ1n) is 4.22. The quantitative estimate of drug-likeness (QED) is 0.612. The first kappa shape index (κ1) is 11.7. The molecule has 0 aromatic rings. The highest BCUT2D eigenvalue weighted by Crippen LogP contribution is 2.24. The van der Waals surface area contributed by atoms with Crippen LogP contribution in [0.2, 0.25) is 6.55 Å². The summed E-state index contributed by atoms with van der Waals surface area (Å²) in [6.45, 7) is 14.7. The van der Waals surface area contributed by atoms with Crippen molar-refractivity contribution in [3.8, 4) is 0 Å². The van der Waals surface area contributed by atoms with E-state index in [-0.39, 0.29) is 0 Å². The average molecular weight is 184 g/mol. The van der Waals surface area contributed by atoms with Crippen molar-refractivity contribution in [3.63, 3.8) is 0 Å². The Morgan fingerprint density at radius 3 is 1.67 bits per heavy atom. The molecule has 0 saturated carbocycles. The van der Waals surface area contributed by atoms with Crippen LogP contribution < -0.4 is 0 Å². The van der Waals surface area contributed by atoms with Crippen molar-refractivity contribution in [2.75, 3.05) is 7.11 Å². The van der Waals surface area contributed by atoms with E-state index in [4.69, 9.17) is 4.43 Å². The second kappa shape index (κ2) is 4.05. The molecule has 1 nitrogen and oxygen atoms in total. The van der Waals surface area contributed by atoms with Crippen LogP contribution in [0.5, 0.6) is 0 Å². The summed E-state index contributed by atoms with van der Waals surface area (Å²) in [7, 11) is 0.00304. The second-order valence-corrected chi connectivity index (χ2v) is 7.72. The zero-order chi connectivity index (χ0) is 9.94. The third-order valence-corrected chi connectivity index (χ3v) is 7.06. The Morgan fingerprint density at radius 1 is 1.17 bits per heavy atom. The third-order valence-electron chi connectivity index (χ3n) is 2.69. The van der Waals surface area contributed by atoms with Gasteiger partial charge in [0.05, 0.1) is 0 Å². The predicted octanol–water partition coefficient (Wildman–Crippen LogP) is 3.22. The van der Waals surface area contributed by atoms with Crippen LogP contribution in [0, 0.1) is 0 Å². The lowest BCUT2D eigenvalue weighted by atomic mass is 10.3. The van der Waals surface area contributed by atoms with Crippen molar-refractivity contribution < 1.29 is 4.43 Å². The fraction of sp³-hybridized carbons (Fsp3) is 0.600. The SMILES string of the molecule is C=C(C)[Si](C)(OC)C(C)=C(C)C. The zero-order valence-corrected chi connectivity index (χ0v) is 10.1. The third kappa shape index (κ3) is 2.08. The Hall–Kier alpha value is -0.343. The molecule has 0 aliphatic heterocycles. The molecule has 0 rings (SSSR count). The van der Waals surface area contributed by atoms with Gasteiger partial charge in [-0.1, -0.05) is 16.0 Å². The fourth-order valence-corrected chi connectivity index (χ4v) is 3.37. The van der Waals surface area contributed by atoms with Crippen molar-refractivity contribution >= 4 is 8.32 Å². The molecule has 0 radical (unpaired) electrons. The Bertz CT molecular complexity index is 214. The molecule has 0 saturated heterocycles. The Balaban J connectivity index is 5.03. The fourth-order valence-electron chi connectivity index (χ4n) is 1.12. The number of hydrogen-bond donors (Lipinski definition) is 0. The molecule has 0 aliphatic rings. The minimum atomic E-state index is -1.78. The topological polar surface area (TPSA) is 9.23 Å². The number of hydrogen-bond acceptors (Lipinski definition) is 1. The normalized spacial score (nSPS) is 15.2. The van der Waals surface area contributed by atoms with Gasteiger partial charge in [-0.05, 0) is 34.2 Å². The highest BCUT2D eigenvalue weighted by molar-refractivity contribution is 6.86. The van der Waals surface area contributed by atoms with E-state index in [2.05, 4.69) is 40.8 Å². The van der Waals surface area contributed by atoms with E-state index in [0.717, 1.165) is 0 Å². The van der Waals surface area contributed by atoms with Gasteiger partial charge in [-0.3, -0.25) is 0 Å². The molecule has 0 spiro atoms. The summed E-state index contributed by atoms with van der Waals surface area (Å²) in [6.07, 6.45) is 0. The predicted molar refractivity (Wildman–Crippen MR) is 57.5 cm³/mol. The van der Waals surface area contributed by atoms with Crippen molar-refractivity contribution in [1.82, 2.24) is 0 Å². The van der Waals surface area contributed by atoms with Crippen LogP contribution in [0.4, 0.5) is 0 Å². The first-order chi connectivity index (χ1) is 5.36. The molecule has 0 aliphatic carbocycles. The molecule has 1 atom stereocenters. The second-order valence-electron chi connectivity index (χ2n) is 3.64. The molecular formula is C10H20OSi. The molecule has 2 heteroatoms. The minimum Gasteiger partial charge on any atom is -0.412 e. The average Bonchev–Trinajstić information content (AvgIpc) is 2.01. The van der Waals surface area contributed by atoms with Crippen LogP contribution in [0.3, 0.4) is 0 Å². The Morgan fingerprint density at radius 2 is 1.58 bits per heavy atom. The summed E-state index contributed by atoms with van der Waals surface area (Å²) in [5.74, 6) is 0. The van der Waals surface area contributed by atoms with Crippen LogP contribution in [0.1, 0.15) is 27.7 Å². The van der Waals surface area contributed by atoms with Gasteiger partial charge in [0.25, 0.3) is 0 Å². The smallest absolute Gasteiger partial charge is 0.243 e. The largest absolute Gasteiger partial charge is 0.412 e. The van der Waals surface area contributed by atoms with Crippen molar-refractivity contribution in [2.24, 2.45) is 0 Å². The van der Waals surface area contributed by atoms with E-state index in [9.17, 15) is 0 Å². The lowest BCUT2D eigenvalue weighted by molar-refractivity contribution is 0.413. The summed E-state index contributed by atoms with van der Waals surface area (Å²) in [6, 6.07) is 0. The van der Waals surface area contributed by atoms with Crippen LogP contribution in [-0.4, -0.2) is 15.4 Å². The summed E-state index contributed by atoms with van der Waals surface area (Å²) in [4.78, 5) is 0. The van der Waals surface area contributed by atoms with Crippen LogP contribution in [0.15, 0.2) is 22.5 Å². The number of allylic oxidation sites excluding steroid dienone is 3.